The molecule has 10 N–H and O–H groups in total. The molecule has 2 aliphatic heterocycles. The van der Waals surface area contributed by atoms with Gasteiger partial charge < -0.3 is 75.0 Å². The Morgan fingerprint density at radius 1 is 0.935 bits per heavy atom. The number of halogens is 1. The molecule has 1 amide bonds. The molecule has 7 rings (SSSR count). The normalized spacial score (nSPS) is 30.4. The van der Waals surface area contributed by atoms with Crippen molar-refractivity contribution in [2.75, 3.05) is 13.7 Å². The number of Topliss-reactive ketones (excluding diaryl/α,β-unsaturated/α-hetero) is 1. The van der Waals surface area contributed by atoms with Crippen LogP contribution in [0.5, 0.6) is 17.2 Å². The second-order valence-corrected chi connectivity index (χ2v) is 15.5. The standard InChI is InChI=1S/C41H42FNO19/c1-14-29(46)20(43-40(56)59-13-15-6-7-16(19(42)8-15)37-35(52)34(51)36(53)38(62-37)39(54)55)9-24(60-14)61-22-11-41(57,23(45)12-44)10-18-26(22)33(50)28-27(31(18)48)30(47)17-4-3-5-21(58-2)25(17)32(28)49/h3-8,14,20,22,24,29,34-38,44,46,48,50-53,57H,9-13H2,1-2H3,(H,43,56)(H,54,55)/t14-,20-,22-,24-,29+,34+,35+,36-,37-,38-,41-/m0/s1. The number of amides is 1. The summed E-state index contributed by atoms with van der Waals surface area (Å²) in [6, 6.07) is 6.27. The number of methoxy groups -OCH3 is 1. The van der Waals surface area contributed by atoms with Crippen LogP contribution in [-0.4, -0.2) is 144 Å². The lowest BCUT2D eigenvalue weighted by atomic mass is 9.72. The highest BCUT2D eigenvalue weighted by Gasteiger charge is 2.51. The Hall–Kier alpha value is -5.62. The van der Waals surface area contributed by atoms with Crippen molar-refractivity contribution in [2.45, 2.75) is 99.6 Å². The first-order chi connectivity index (χ1) is 29.3. The van der Waals surface area contributed by atoms with Crippen molar-refractivity contribution in [3.05, 3.63) is 86.7 Å². The predicted octanol–water partition coefficient (Wildman–Crippen LogP) is -0.285. The molecule has 2 heterocycles. The van der Waals surface area contributed by atoms with E-state index in [0.717, 1.165) is 12.1 Å². The molecule has 2 fully saturated rings. The van der Waals surface area contributed by atoms with Gasteiger partial charge in [0.2, 0.25) is 5.78 Å². The van der Waals surface area contributed by atoms with E-state index in [4.69, 9.17) is 23.7 Å². The number of ketones is 3. The number of aliphatic hydroxyl groups excluding tert-OH is 5. The Morgan fingerprint density at radius 2 is 1.65 bits per heavy atom. The van der Waals surface area contributed by atoms with Gasteiger partial charge in [-0.1, -0.05) is 24.3 Å². The summed E-state index contributed by atoms with van der Waals surface area (Å²) in [4.78, 5) is 65.1. The Kier molecular flexibility index (Phi) is 12.1. The molecule has 0 radical (unpaired) electrons. The zero-order valence-electron chi connectivity index (χ0n) is 32.8. The third kappa shape index (κ3) is 7.64. The number of benzene rings is 3. The maximum Gasteiger partial charge on any atom is 0.407 e. The van der Waals surface area contributed by atoms with E-state index < -0.39 is 151 Å². The van der Waals surface area contributed by atoms with Gasteiger partial charge in [-0.05, 0) is 24.6 Å². The maximum absolute atomic E-state index is 15.2. The Labute approximate surface area is 349 Å². The van der Waals surface area contributed by atoms with Crippen LogP contribution in [-0.2, 0) is 41.6 Å². The molecule has 2 aliphatic carbocycles. The van der Waals surface area contributed by atoms with Crippen molar-refractivity contribution in [2.24, 2.45) is 0 Å². The first-order valence-corrected chi connectivity index (χ1v) is 19.2. The van der Waals surface area contributed by atoms with Crippen LogP contribution in [0.15, 0.2) is 36.4 Å². The molecule has 0 bridgehead atoms. The molecule has 21 heteroatoms. The molecule has 0 spiro atoms. The highest BCUT2D eigenvalue weighted by atomic mass is 19.1. The summed E-state index contributed by atoms with van der Waals surface area (Å²) in [5, 5.41) is 97.8. The molecule has 0 aromatic heterocycles. The van der Waals surface area contributed by atoms with Crippen molar-refractivity contribution in [1.29, 1.82) is 0 Å². The molecule has 20 nitrogen and oxygen atoms in total. The number of carbonyl (C=O) groups is 5. The summed E-state index contributed by atoms with van der Waals surface area (Å²) in [5.74, 6) is -7.15. The predicted molar refractivity (Wildman–Crippen MR) is 201 cm³/mol. The number of phenolic OH excluding ortho intramolecular Hbond substituents is 2. The lowest BCUT2D eigenvalue weighted by Gasteiger charge is -2.42. The quantitative estimate of drug-likeness (QED) is 0.0916. The van der Waals surface area contributed by atoms with Gasteiger partial charge >= 0.3 is 12.1 Å². The molecule has 11 atom stereocenters. The van der Waals surface area contributed by atoms with Gasteiger partial charge in [0.15, 0.2) is 24.0 Å². The number of rotatable bonds is 10. The summed E-state index contributed by atoms with van der Waals surface area (Å²) in [6.07, 6.45) is -17.8. The van der Waals surface area contributed by atoms with Gasteiger partial charge in [0.05, 0.1) is 42.0 Å². The molecule has 0 saturated carbocycles. The molecule has 2 saturated heterocycles. The van der Waals surface area contributed by atoms with E-state index in [1.807, 2.05) is 0 Å². The molecule has 0 unspecified atom stereocenters. The fourth-order valence-electron chi connectivity index (χ4n) is 8.43. The van der Waals surface area contributed by atoms with Crippen LogP contribution in [0.3, 0.4) is 0 Å². The smallest absolute Gasteiger partial charge is 0.407 e. The number of carboxylic acid groups (broad SMARTS) is 1. The number of aromatic hydroxyl groups is 2. The van der Waals surface area contributed by atoms with Crippen LogP contribution in [0.1, 0.15) is 86.1 Å². The summed E-state index contributed by atoms with van der Waals surface area (Å²) in [6.45, 7) is -0.271. The van der Waals surface area contributed by atoms with Crippen molar-refractivity contribution < 1.29 is 98.0 Å². The highest BCUT2D eigenvalue weighted by molar-refractivity contribution is 6.31. The number of aliphatic carboxylic acids is 1. The molecule has 62 heavy (non-hydrogen) atoms. The number of nitrogens with one attached hydrogen (secondary N) is 1. The van der Waals surface area contributed by atoms with Crippen LogP contribution >= 0.6 is 0 Å². The topological polar surface area (TPSA) is 326 Å². The van der Waals surface area contributed by atoms with Crippen LogP contribution < -0.4 is 10.1 Å². The van der Waals surface area contributed by atoms with E-state index in [1.54, 1.807) is 0 Å². The van der Waals surface area contributed by atoms with E-state index in [-0.39, 0.29) is 45.6 Å². The van der Waals surface area contributed by atoms with Gasteiger partial charge in [0, 0.05) is 41.5 Å². The van der Waals surface area contributed by atoms with Gasteiger partial charge in [-0.2, -0.15) is 0 Å². The SMILES string of the molecule is COc1cccc2c1C(=O)c1c(O)c3c(c(O)c1C2=O)C[C@@](O)(C(=O)CO)C[C@@H]3O[C@H]1C[C@H](NC(=O)OCc2ccc([C@@H]3O[C@H](C(=O)O)[C@@H](O)[C@H](O)[C@H]3O)c(F)c2)[C@H](O)[C@H](C)O1. The van der Waals surface area contributed by atoms with Crippen molar-refractivity contribution in [1.82, 2.24) is 5.32 Å². The number of alkyl carbamates (subject to hydrolysis) is 1. The van der Waals surface area contributed by atoms with Crippen LogP contribution in [0, 0.1) is 5.82 Å². The number of hydrogen-bond donors (Lipinski definition) is 10. The second kappa shape index (κ2) is 16.9. The summed E-state index contributed by atoms with van der Waals surface area (Å²) < 4.78 is 43.0. The highest BCUT2D eigenvalue weighted by Crippen LogP contribution is 2.52. The molecule has 3 aromatic rings. The largest absolute Gasteiger partial charge is 0.507 e. The minimum atomic E-state index is -2.43. The number of hydrogen-bond acceptors (Lipinski definition) is 18. The lowest BCUT2D eigenvalue weighted by molar-refractivity contribution is -0.249. The van der Waals surface area contributed by atoms with Crippen LogP contribution in [0.25, 0.3) is 0 Å². The molecule has 332 valence electrons. The second-order valence-electron chi connectivity index (χ2n) is 15.5. The number of carbonyl (C=O) groups excluding carboxylic acids is 4. The van der Waals surface area contributed by atoms with Gasteiger partial charge in [0.1, 0.15) is 72.4 Å². The number of carboxylic acids is 1. The average Bonchev–Trinajstić information content (AvgIpc) is 3.23. The number of aliphatic hydroxyl groups is 6. The average molecular weight is 872 g/mol. The molecule has 3 aromatic carbocycles. The van der Waals surface area contributed by atoms with Crippen LogP contribution in [0.4, 0.5) is 9.18 Å². The fraction of sp³-hybridized carbons (Fsp3) is 0.439. The molecule has 4 aliphatic rings. The van der Waals surface area contributed by atoms with Gasteiger partial charge in [0.25, 0.3) is 0 Å². The Morgan fingerprint density at radius 3 is 2.31 bits per heavy atom. The lowest BCUT2D eigenvalue weighted by Crippen LogP contribution is -2.56. The van der Waals surface area contributed by atoms with Crippen molar-refractivity contribution in [3.63, 3.8) is 0 Å². The van der Waals surface area contributed by atoms with E-state index in [9.17, 15) is 69.9 Å². The number of fused-ring (bicyclic) bond motifs is 3. The van der Waals surface area contributed by atoms with E-state index in [0.29, 0.717) is 0 Å². The van der Waals surface area contributed by atoms with Gasteiger partial charge in [-0.15, -0.1) is 0 Å². The third-order valence-corrected chi connectivity index (χ3v) is 11.7. The zero-order chi connectivity index (χ0) is 45.1. The first-order valence-electron chi connectivity index (χ1n) is 19.2. The molecular formula is C41H42FNO19. The van der Waals surface area contributed by atoms with Crippen LogP contribution in [0.2, 0.25) is 0 Å². The number of phenols is 2. The minimum Gasteiger partial charge on any atom is -0.507 e. The number of ether oxygens (including phenoxy) is 5. The van der Waals surface area contributed by atoms with E-state index in [2.05, 4.69) is 5.32 Å². The summed E-state index contributed by atoms with van der Waals surface area (Å²) in [5.41, 5.74) is -4.84. The minimum absolute atomic E-state index is 0.00982. The maximum atomic E-state index is 15.2. The van der Waals surface area contributed by atoms with E-state index in [1.165, 1.54) is 38.3 Å². The third-order valence-electron chi connectivity index (χ3n) is 11.7. The van der Waals surface area contributed by atoms with Crippen molar-refractivity contribution in [3.8, 4) is 17.2 Å². The first kappa shape index (κ1) is 44.4. The Balaban J connectivity index is 1.09. The van der Waals surface area contributed by atoms with E-state index >= 15 is 4.39 Å². The summed E-state index contributed by atoms with van der Waals surface area (Å²) in [7, 11) is 1.27. The van der Waals surface area contributed by atoms with Crippen molar-refractivity contribution >= 4 is 29.4 Å². The monoisotopic (exact) mass is 871 g/mol. The fourth-order valence-corrected chi connectivity index (χ4v) is 8.43. The molecular weight excluding hydrogens is 829 g/mol. The zero-order valence-corrected chi connectivity index (χ0v) is 32.8. The summed E-state index contributed by atoms with van der Waals surface area (Å²) >= 11 is 0. The van der Waals surface area contributed by atoms with Gasteiger partial charge in [-0.25, -0.2) is 14.0 Å². The Bertz CT molecular complexity index is 2340. The van der Waals surface area contributed by atoms with Gasteiger partial charge in [-0.3, -0.25) is 14.4 Å².